The second kappa shape index (κ2) is 11.8. The highest BCUT2D eigenvalue weighted by Gasteiger charge is 2.27. The van der Waals surface area contributed by atoms with Crippen LogP contribution in [0.3, 0.4) is 0 Å². The summed E-state index contributed by atoms with van der Waals surface area (Å²) in [4.78, 5) is 8.63. The molecule has 0 bridgehead atoms. The standard InChI is InChI=1S/C17H23F3N6O.HI/c1-3-21-16(23-9-15-24-12-25-26(15)2)22-8-13-4-6-14(7-5-13)10-27-11-17(18,19)20;/h4-7,12H,3,8-11H2,1-2H3,(H2,21,22,23);1H. The summed E-state index contributed by atoms with van der Waals surface area (Å²) in [6, 6.07) is 7.12. The lowest BCUT2D eigenvalue weighted by atomic mass is 10.1. The highest BCUT2D eigenvalue weighted by atomic mass is 127. The van der Waals surface area contributed by atoms with Gasteiger partial charge in [0.15, 0.2) is 5.96 Å². The molecule has 0 aliphatic carbocycles. The molecule has 1 aromatic heterocycles. The molecule has 156 valence electrons. The number of benzene rings is 1. The van der Waals surface area contributed by atoms with E-state index in [1.807, 2.05) is 26.1 Å². The minimum atomic E-state index is -4.31. The first kappa shape index (κ1) is 24.1. The number of aromatic nitrogens is 3. The Morgan fingerprint density at radius 3 is 2.43 bits per heavy atom. The van der Waals surface area contributed by atoms with Gasteiger partial charge in [0.2, 0.25) is 0 Å². The summed E-state index contributed by atoms with van der Waals surface area (Å²) < 4.78 is 42.5. The van der Waals surface area contributed by atoms with Crippen molar-refractivity contribution in [1.82, 2.24) is 25.4 Å². The van der Waals surface area contributed by atoms with Gasteiger partial charge in [0.05, 0.1) is 19.7 Å². The predicted octanol–water partition coefficient (Wildman–Crippen LogP) is 2.77. The van der Waals surface area contributed by atoms with E-state index >= 15 is 0 Å². The monoisotopic (exact) mass is 512 g/mol. The topological polar surface area (TPSA) is 76.4 Å². The molecule has 0 spiro atoms. The van der Waals surface area contributed by atoms with E-state index < -0.39 is 12.8 Å². The lowest BCUT2D eigenvalue weighted by Gasteiger charge is -2.11. The average Bonchev–Trinajstić information content (AvgIpc) is 3.02. The number of hydrogen-bond donors (Lipinski definition) is 2. The van der Waals surface area contributed by atoms with Crippen molar-refractivity contribution in [3.63, 3.8) is 0 Å². The molecule has 0 atom stereocenters. The molecule has 0 saturated heterocycles. The van der Waals surface area contributed by atoms with E-state index in [1.165, 1.54) is 6.33 Å². The van der Waals surface area contributed by atoms with Crippen molar-refractivity contribution in [1.29, 1.82) is 0 Å². The van der Waals surface area contributed by atoms with Crippen molar-refractivity contribution in [2.45, 2.75) is 32.8 Å². The molecule has 0 aliphatic heterocycles. The molecule has 28 heavy (non-hydrogen) atoms. The van der Waals surface area contributed by atoms with Crippen LogP contribution >= 0.6 is 24.0 Å². The zero-order valence-electron chi connectivity index (χ0n) is 15.7. The van der Waals surface area contributed by atoms with Crippen molar-refractivity contribution in [3.8, 4) is 0 Å². The maximum absolute atomic E-state index is 12.1. The number of hydrogen-bond acceptors (Lipinski definition) is 4. The lowest BCUT2D eigenvalue weighted by Crippen LogP contribution is -2.37. The zero-order valence-corrected chi connectivity index (χ0v) is 18.0. The molecule has 2 aromatic rings. The van der Waals surface area contributed by atoms with Crippen LogP contribution in [0.2, 0.25) is 0 Å². The Hall–Kier alpha value is -1.89. The van der Waals surface area contributed by atoms with Gasteiger partial charge in [-0.05, 0) is 18.1 Å². The average molecular weight is 512 g/mol. The first-order valence-electron chi connectivity index (χ1n) is 8.44. The number of aliphatic imine (C=N–C) groups is 1. The van der Waals surface area contributed by atoms with E-state index in [0.717, 1.165) is 11.4 Å². The number of rotatable bonds is 8. The third-order valence-electron chi connectivity index (χ3n) is 3.54. The Morgan fingerprint density at radius 1 is 1.18 bits per heavy atom. The van der Waals surface area contributed by atoms with E-state index in [4.69, 9.17) is 0 Å². The first-order chi connectivity index (χ1) is 12.9. The van der Waals surface area contributed by atoms with Crippen molar-refractivity contribution in [2.75, 3.05) is 13.2 Å². The molecule has 7 nitrogen and oxygen atoms in total. The van der Waals surface area contributed by atoms with Gasteiger partial charge >= 0.3 is 6.18 Å². The van der Waals surface area contributed by atoms with E-state index in [-0.39, 0.29) is 30.6 Å². The molecule has 0 aliphatic rings. The molecule has 0 amide bonds. The number of aryl methyl sites for hydroxylation is 1. The van der Waals surface area contributed by atoms with Gasteiger partial charge in [-0.2, -0.15) is 18.3 Å². The van der Waals surface area contributed by atoms with Crippen LogP contribution in [-0.2, 0) is 31.5 Å². The van der Waals surface area contributed by atoms with Crippen LogP contribution in [0.25, 0.3) is 0 Å². The van der Waals surface area contributed by atoms with Crippen LogP contribution in [0.5, 0.6) is 0 Å². The lowest BCUT2D eigenvalue weighted by molar-refractivity contribution is -0.176. The summed E-state index contributed by atoms with van der Waals surface area (Å²) >= 11 is 0. The van der Waals surface area contributed by atoms with Gasteiger partial charge in [-0.15, -0.1) is 24.0 Å². The second-order valence-electron chi connectivity index (χ2n) is 5.77. The number of alkyl halides is 3. The third-order valence-corrected chi connectivity index (χ3v) is 3.54. The van der Waals surface area contributed by atoms with Gasteiger partial charge in [0.25, 0.3) is 0 Å². The normalized spacial score (nSPS) is 11.8. The highest BCUT2D eigenvalue weighted by molar-refractivity contribution is 14.0. The van der Waals surface area contributed by atoms with Gasteiger partial charge in [-0.1, -0.05) is 24.3 Å². The van der Waals surface area contributed by atoms with E-state index in [0.29, 0.717) is 31.2 Å². The van der Waals surface area contributed by atoms with Crippen molar-refractivity contribution in [2.24, 2.45) is 12.0 Å². The molecule has 11 heteroatoms. The number of ether oxygens (including phenoxy) is 1. The number of guanidine groups is 1. The fourth-order valence-electron chi connectivity index (χ4n) is 2.18. The first-order valence-corrected chi connectivity index (χ1v) is 8.44. The molecule has 0 fully saturated rings. The molecule has 0 saturated carbocycles. The largest absolute Gasteiger partial charge is 0.411 e. The fourth-order valence-corrected chi connectivity index (χ4v) is 2.18. The molecular formula is C17H24F3IN6O. The van der Waals surface area contributed by atoms with Crippen molar-refractivity contribution < 1.29 is 17.9 Å². The maximum atomic E-state index is 12.1. The zero-order chi connectivity index (χ0) is 19.7. The van der Waals surface area contributed by atoms with Crippen LogP contribution in [0.15, 0.2) is 35.6 Å². The summed E-state index contributed by atoms with van der Waals surface area (Å²) in [5.41, 5.74) is 1.62. The Morgan fingerprint density at radius 2 is 1.86 bits per heavy atom. The Kier molecular flexibility index (Phi) is 10.2. The molecule has 0 radical (unpaired) electrons. The SMILES string of the molecule is CCNC(=NCc1ccc(COCC(F)(F)F)cc1)NCc1ncnn1C.I. The van der Waals surface area contributed by atoms with Crippen molar-refractivity contribution >= 4 is 29.9 Å². The van der Waals surface area contributed by atoms with E-state index in [2.05, 4.69) is 30.4 Å². The number of nitrogens with zero attached hydrogens (tertiary/aromatic N) is 4. The summed E-state index contributed by atoms with van der Waals surface area (Å²) in [6.07, 6.45) is -2.82. The van der Waals surface area contributed by atoms with Gasteiger partial charge in [0.1, 0.15) is 18.8 Å². The second-order valence-corrected chi connectivity index (χ2v) is 5.77. The Bertz CT molecular complexity index is 733. The summed E-state index contributed by atoms with van der Waals surface area (Å²) in [7, 11) is 1.81. The Balaban J connectivity index is 0.00000392. The minimum absolute atomic E-state index is 0. The smallest absolute Gasteiger partial charge is 0.367 e. The van der Waals surface area contributed by atoms with Crippen molar-refractivity contribution in [3.05, 3.63) is 47.5 Å². The molecular weight excluding hydrogens is 488 g/mol. The van der Waals surface area contributed by atoms with Gasteiger partial charge < -0.3 is 15.4 Å². The van der Waals surface area contributed by atoms with E-state index in [9.17, 15) is 13.2 Å². The molecule has 2 N–H and O–H groups in total. The molecule has 1 aromatic carbocycles. The summed E-state index contributed by atoms with van der Waals surface area (Å²) in [5.74, 6) is 1.42. The fraction of sp³-hybridized carbons (Fsp3) is 0.471. The van der Waals surface area contributed by atoms with Gasteiger partial charge in [0, 0.05) is 13.6 Å². The van der Waals surface area contributed by atoms with Crippen LogP contribution in [0, 0.1) is 0 Å². The quantitative estimate of drug-likeness (QED) is 0.324. The van der Waals surface area contributed by atoms with Crippen LogP contribution < -0.4 is 10.6 Å². The van der Waals surface area contributed by atoms with Crippen LogP contribution in [-0.4, -0.2) is 40.1 Å². The molecule has 2 rings (SSSR count). The predicted molar refractivity (Wildman–Crippen MR) is 110 cm³/mol. The maximum Gasteiger partial charge on any atom is 0.411 e. The highest BCUT2D eigenvalue weighted by Crippen LogP contribution is 2.16. The third kappa shape index (κ3) is 8.87. The van der Waals surface area contributed by atoms with Gasteiger partial charge in [-0.25, -0.2) is 9.98 Å². The molecule has 0 unspecified atom stereocenters. The summed E-state index contributed by atoms with van der Waals surface area (Å²) in [5, 5.41) is 10.3. The van der Waals surface area contributed by atoms with Crippen LogP contribution in [0.1, 0.15) is 23.9 Å². The van der Waals surface area contributed by atoms with Crippen LogP contribution in [0.4, 0.5) is 13.2 Å². The summed E-state index contributed by atoms with van der Waals surface area (Å²) in [6.45, 7) is 2.26. The number of halogens is 4. The molecule has 1 heterocycles. The van der Waals surface area contributed by atoms with Gasteiger partial charge in [-0.3, -0.25) is 4.68 Å². The minimum Gasteiger partial charge on any atom is -0.367 e. The number of nitrogens with one attached hydrogen (secondary N) is 2. The van der Waals surface area contributed by atoms with E-state index in [1.54, 1.807) is 16.8 Å². The Labute approximate surface area is 178 Å².